The number of hydrogen-bond donors (Lipinski definition) is 1. The molecule has 1 atom stereocenters. The van der Waals surface area contributed by atoms with E-state index in [-0.39, 0.29) is 11.9 Å². The molecule has 0 saturated heterocycles. The fraction of sp³-hybridized carbons (Fsp3) is 0.263. The van der Waals surface area contributed by atoms with Gasteiger partial charge in [-0.2, -0.15) is 9.61 Å². The third-order valence-electron chi connectivity index (χ3n) is 4.42. The molecule has 6 nitrogen and oxygen atoms in total. The Morgan fingerprint density at radius 2 is 2.04 bits per heavy atom. The maximum absolute atomic E-state index is 10.7. The van der Waals surface area contributed by atoms with Crippen LogP contribution in [0.25, 0.3) is 4.96 Å². The van der Waals surface area contributed by atoms with Gasteiger partial charge in [0.25, 0.3) is 0 Å². The van der Waals surface area contributed by atoms with Crippen LogP contribution in [-0.2, 0) is 6.54 Å². The fourth-order valence-corrected chi connectivity index (χ4v) is 4.22. The monoisotopic (exact) mass is 368 g/mol. The van der Waals surface area contributed by atoms with Gasteiger partial charge in [-0.05, 0) is 31.2 Å². The number of thiazole rings is 1. The molecule has 0 amide bonds. The van der Waals surface area contributed by atoms with Crippen LogP contribution in [0, 0.1) is 6.92 Å². The van der Waals surface area contributed by atoms with E-state index in [2.05, 4.69) is 34.0 Å². The summed E-state index contributed by atoms with van der Waals surface area (Å²) in [5, 5.41) is 14.8. The molecule has 0 radical (unpaired) electrons. The van der Waals surface area contributed by atoms with Crippen molar-refractivity contribution >= 4 is 16.3 Å². The Hall–Kier alpha value is -2.64. The van der Waals surface area contributed by atoms with E-state index in [1.807, 2.05) is 37.3 Å². The van der Waals surface area contributed by atoms with Crippen LogP contribution in [0.4, 0.5) is 0 Å². The lowest BCUT2D eigenvalue weighted by molar-refractivity contribution is 0.202. The third kappa shape index (κ3) is 3.00. The van der Waals surface area contributed by atoms with Crippen LogP contribution >= 0.6 is 11.3 Å². The summed E-state index contributed by atoms with van der Waals surface area (Å²) in [7, 11) is 0. The summed E-state index contributed by atoms with van der Waals surface area (Å²) >= 11 is 1.43. The molecule has 0 aliphatic carbocycles. The van der Waals surface area contributed by atoms with Gasteiger partial charge in [0.05, 0.1) is 4.88 Å². The van der Waals surface area contributed by atoms with Gasteiger partial charge >= 0.3 is 0 Å². The van der Waals surface area contributed by atoms with Gasteiger partial charge in [0.1, 0.15) is 23.9 Å². The van der Waals surface area contributed by atoms with E-state index < -0.39 is 0 Å². The van der Waals surface area contributed by atoms with Crippen molar-refractivity contribution in [2.24, 2.45) is 0 Å². The van der Waals surface area contributed by atoms with E-state index in [0.29, 0.717) is 4.96 Å². The highest BCUT2D eigenvalue weighted by molar-refractivity contribution is 7.17. The molecule has 0 fully saturated rings. The van der Waals surface area contributed by atoms with E-state index in [1.165, 1.54) is 27.7 Å². The van der Waals surface area contributed by atoms with E-state index in [9.17, 15) is 5.11 Å². The minimum atomic E-state index is -0.206. The smallest absolute Gasteiger partial charge is 0.230 e. The van der Waals surface area contributed by atoms with Crippen LogP contribution < -0.4 is 0 Å². The topological polar surface area (TPSA) is 66.8 Å². The number of rotatable bonds is 6. The molecule has 4 aromatic rings. The Morgan fingerprint density at radius 3 is 2.69 bits per heavy atom. The van der Waals surface area contributed by atoms with Crippen LogP contribution in [0.2, 0.25) is 0 Å². The highest BCUT2D eigenvalue weighted by Crippen LogP contribution is 2.40. The van der Waals surface area contributed by atoms with Crippen molar-refractivity contribution in [1.29, 1.82) is 0 Å². The lowest BCUT2D eigenvalue weighted by Gasteiger charge is -2.28. The normalized spacial score (nSPS) is 12.9. The standard InChI is InChI=1S/C19H20N4O2S/c1-3-22(11-14-7-5-4-6-8-14)16(15-10-9-13(2)25-15)17-18(24)23-19(26-17)20-12-21-23/h4-10,12,16,24H,3,11H2,1-2H3. The number of hydrogen-bond acceptors (Lipinski definition) is 6. The highest BCUT2D eigenvalue weighted by Gasteiger charge is 2.30. The number of aromatic nitrogens is 3. The zero-order valence-corrected chi connectivity index (χ0v) is 15.5. The summed E-state index contributed by atoms with van der Waals surface area (Å²) in [5.41, 5.74) is 1.21. The molecule has 0 bridgehead atoms. The summed E-state index contributed by atoms with van der Waals surface area (Å²) in [6.45, 7) is 5.58. The average Bonchev–Trinajstić information content (AvgIpc) is 3.35. The van der Waals surface area contributed by atoms with Gasteiger partial charge in [0, 0.05) is 6.54 Å². The van der Waals surface area contributed by atoms with Crippen LogP contribution in [-0.4, -0.2) is 31.1 Å². The molecule has 134 valence electrons. The van der Waals surface area contributed by atoms with Crippen LogP contribution in [0.1, 0.15) is 34.9 Å². The van der Waals surface area contributed by atoms with Gasteiger partial charge in [-0.1, -0.05) is 48.6 Å². The summed E-state index contributed by atoms with van der Waals surface area (Å²) < 4.78 is 7.42. The Kier molecular flexibility index (Phi) is 4.48. The van der Waals surface area contributed by atoms with Gasteiger partial charge in [-0.15, -0.1) is 0 Å². The van der Waals surface area contributed by atoms with Gasteiger partial charge < -0.3 is 9.52 Å². The zero-order chi connectivity index (χ0) is 18.1. The Labute approximate surface area is 155 Å². The van der Waals surface area contributed by atoms with E-state index >= 15 is 0 Å². The SMILES string of the molecule is CCN(Cc1ccccc1)C(c1ccc(C)o1)c1sc2ncnn2c1O. The first-order valence-electron chi connectivity index (χ1n) is 8.53. The predicted octanol–water partition coefficient (Wildman–Crippen LogP) is 4.01. The fourth-order valence-electron chi connectivity index (χ4n) is 3.15. The molecule has 4 rings (SSSR count). The first-order valence-corrected chi connectivity index (χ1v) is 9.34. The van der Waals surface area contributed by atoms with Gasteiger partial charge in [-0.3, -0.25) is 4.90 Å². The number of fused-ring (bicyclic) bond motifs is 1. The molecule has 0 aliphatic heterocycles. The van der Waals surface area contributed by atoms with Crippen LogP contribution in [0.5, 0.6) is 5.88 Å². The first-order chi connectivity index (χ1) is 12.7. The number of furan rings is 1. The molecule has 1 aromatic carbocycles. The van der Waals surface area contributed by atoms with Gasteiger partial charge in [-0.25, -0.2) is 4.98 Å². The average molecular weight is 368 g/mol. The Balaban J connectivity index is 1.79. The van der Waals surface area contributed by atoms with Crippen molar-refractivity contribution in [3.8, 4) is 5.88 Å². The molecular formula is C19H20N4O2S. The first kappa shape index (κ1) is 16.8. The largest absolute Gasteiger partial charge is 0.492 e. The zero-order valence-electron chi connectivity index (χ0n) is 14.7. The van der Waals surface area contributed by atoms with Crippen LogP contribution in [0.15, 0.2) is 53.2 Å². The summed E-state index contributed by atoms with van der Waals surface area (Å²) in [6, 6.07) is 14.0. The predicted molar refractivity (Wildman–Crippen MR) is 100 cm³/mol. The summed E-state index contributed by atoms with van der Waals surface area (Å²) in [5.74, 6) is 1.77. The Bertz CT molecular complexity index is 1010. The lowest BCUT2D eigenvalue weighted by atomic mass is 10.1. The molecule has 3 aromatic heterocycles. The van der Waals surface area contributed by atoms with E-state index in [0.717, 1.165) is 29.5 Å². The second-order valence-corrected chi connectivity index (χ2v) is 7.15. The van der Waals surface area contributed by atoms with Crippen molar-refractivity contribution in [3.05, 3.63) is 70.8 Å². The van der Waals surface area contributed by atoms with Crippen molar-refractivity contribution in [2.45, 2.75) is 26.4 Å². The lowest BCUT2D eigenvalue weighted by Crippen LogP contribution is -2.28. The van der Waals surface area contributed by atoms with Crippen LogP contribution in [0.3, 0.4) is 0 Å². The van der Waals surface area contributed by atoms with Crippen molar-refractivity contribution in [3.63, 3.8) is 0 Å². The molecule has 7 heteroatoms. The quantitative estimate of drug-likeness (QED) is 0.557. The number of benzene rings is 1. The minimum Gasteiger partial charge on any atom is -0.492 e. The van der Waals surface area contributed by atoms with Crippen molar-refractivity contribution in [2.75, 3.05) is 6.54 Å². The number of nitrogens with zero attached hydrogens (tertiary/aromatic N) is 4. The molecule has 1 N–H and O–H groups in total. The molecule has 0 spiro atoms. The van der Waals surface area contributed by atoms with Gasteiger partial charge in [0.2, 0.25) is 10.8 Å². The summed E-state index contributed by atoms with van der Waals surface area (Å²) in [4.78, 5) is 7.94. The number of aromatic hydroxyl groups is 1. The van der Waals surface area contributed by atoms with Gasteiger partial charge in [0.15, 0.2) is 0 Å². The molecule has 0 aliphatic rings. The highest BCUT2D eigenvalue weighted by atomic mass is 32.1. The second kappa shape index (κ2) is 6.93. The molecular weight excluding hydrogens is 348 g/mol. The Morgan fingerprint density at radius 1 is 1.23 bits per heavy atom. The maximum Gasteiger partial charge on any atom is 0.230 e. The second-order valence-electron chi connectivity index (χ2n) is 6.14. The minimum absolute atomic E-state index is 0.119. The molecule has 0 saturated carbocycles. The van der Waals surface area contributed by atoms with Crippen molar-refractivity contribution in [1.82, 2.24) is 19.5 Å². The summed E-state index contributed by atoms with van der Waals surface area (Å²) in [6.07, 6.45) is 1.45. The van der Waals surface area contributed by atoms with E-state index in [1.54, 1.807) is 0 Å². The maximum atomic E-state index is 10.7. The molecule has 1 unspecified atom stereocenters. The third-order valence-corrected chi connectivity index (χ3v) is 5.50. The van der Waals surface area contributed by atoms with E-state index in [4.69, 9.17) is 4.42 Å². The van der Waals surface area contributed by atoms with Crippen molar-refractivity contribution < 1.29 is 9.52 Å². The number of aryl methyl sites for hydroxylation is 1. The molecule has 3 heterocycles. The molecule has 26 heavy (non-hydrogen) atoms.